The zero-order valence-electron chi connectivity index (χ0n) is 10.3. The van der Waals surface area contributed by atoms with E-state index < -0.39 is 0 Å². The first-order valence-electron chi connectivity index (χ1n) is 5.69. The van der Waals surface area contributed by atoms with Crippen molar-refractivity contribution in [1.82, 2.24) is 4.90 Å². The molecule has 4 heteroatoms. The van der Waals surface area contributed by atoms with E-state index in [0.29, 0.717) is 31.2 Å². The van der Waals surface area contributed by atoms with E-state index in [9.17, 15) is 4.39 Å². The molecule has 1 aromatic rings. The topological polar surface area (TPSA) is 53.0 Å². The third kappa shape index (κ3) is 4.04. The van der Waals surface area contributed by atoms with Gasteiger partial charge in [0.2, 0.25) is 0 Å². The summed E-state index contributed by atoms with van der Waals surface area (Å²) in [6.45, 7) is 5.34. The van der Waals surface area contributed by atoms with E-state index >= 15 is 0 Å². The van der Waals surface area contributed by atoms with E-state index in [-0.39, 0.29) is 5.82 Å². The number of halogens is 1. The van der Waals surface area contributed by atoms with Crippen molar-refractivity contribution >= 4 is 5.69 Å². The van der Waals surface area contributed by atoms with Gasteiger partial charge in [-0.15, -0.1) is 0 Å². The number of nitrogens with zero attached hydrogens (tertiary/aromatic N) is 2. The van der Waals surface area contributed by atoms with Gasteiger partial charge in [-0.2, -0.15) is 5.26 Å². The van der Waals surface area contributed by atoms with E-state index in [1.54, 1.807) is 6.07 Å². The molecule has 0 fully saturated rings. The molecule has 2 N–H and O–H groups in total. The highest BCUT2D eigenvalue weighted by Crippen LogP contribution is 2.17. The molecular formula is C13H18FN3. The molecule has 0 saturated carbocycles. The molecule has 92 valence electrons. The van der Waals surface area contributed by atoms with E-state index in [0.717, 1.165) is 5.56 Å². The Labute approximate surface area is 102 Å². The minimum atomic E-state index is -0.279. The Hall–Kier alpha value is -1.60. The van der Waals surface area contributed by atoms with Crippen LogP contribution in [-0.4, -0.2) is 17.5 Å². The lowest BCUT2D eigenvalue weighted by atomic mass is 10.1. The molecular weight excluding hydrogens is 217 g/mol. The minimum Gasteiger partial charge on any atom is -0.398 e. The summed E-state index contributed by atoms with van der Waals surface area (Å²) in [4.78, 5) is 2.11. The van der Waals surface area contributed by atoms with Crippen molar-refractivity contribution in [3.05, 3.63) is 29.6 Å². The minimum absolute atomic E-state index is 0.279. The van der Waals surface area contributed by atoms with Gasteiger partial charge in [-0.05, 0) is 37.6 Å². The SMILES string of the molecule is CC(C)N(CCC#N)Cc1cc(F)ccc1N. The molecule has 0 spiro atoms. The fourth-order valence-electron chi connectivity index (χ4n) is 1.64. The highest BCUT2D eigenvalue weighted by Gasteiger charge is 2.11. The number of nitrogens with two attached hydrogens (primary N) is 1. The Morgan fingerprint density at radius 3 is 2.76 bits per heavy atom. The van der Waals surface area contributed by atoms with Crippen molar-refractivity contribution < 1.29 is 4.39 Å². The maximum Gasteiger partial charge on any atom is 0.123 e. The van der Waals surface area contributed by atoms with Crippen molar-refractivity contribution in [2.24, 2.45) is 0 Å². The number of hydrogen-bond donors (Lipinski definition) is 1. The molecule has 0 heterocycles. The molecule has 0 aliphatic rings. The van der Waals surface area contributed by atoms with Crippen LogP contribution in [0.25, 0.3) is 0 Å². The number of nitriles is 1. The molecule has 1 aromatic carbocycles. The Bertz CT molecular complexity index is 410. The molecule has 0 atom stereocenters. The van der Waals surface area contributed by atoms with Gasteiger partial charge >= 0.3 is 0 Å². The zero-order chi connectivity index (χ0) is 12.8. The monoisotopic (exact) mass is 235 g/mol. The van der Waals surface area contributed by atoms with Crippen LogP contribution in [0, 0.1) is 17.1 Å². The predicted octanol–water partition coefficient (Wildman–Crippen LogP) is 2.53. The lowest BCUT2D eigenvalue weighted by Gasteiger charge is -2.26. The largest absolute Gasteiger partial charge is 0.398 e. The average molecular weight is 235 g/mol. The first-order valence-corrected chi connectivity index (χ1v) is 5.69. The van der Waals surface area contributed by atoms with Crippen LogP contribution >= 0.6 is 0 Å². The smallest absolute Gasteiger partial charge is 0.123 e. The molecule has 0 unspecified atom stereocenters. The van der Waals surface area contributed by atoms with E-state index in [4.69, 9.17) is 11.0 Å². The Kier molecular flexibility index (Phi) is 4.92. The number of rotatable bonds is 5. The van der Waals surface area contributed by atoms with Crippen LogP contribution in [0.5, 0.6) is 0 Å². The van der Waals surface area contributed by atoms with Crippen molar-refractivity contribution in [3.63, 3.8) is 0 Å². The number of nitrogen functional groups attached to an aromatic ring is 1. The van der Waals surface area contributed by atoms with Crippen LogP contribution in [-0.2, 0) is 6.54 Å². The van der Waals surface area contributed by atoms with Crippen molar-refractivity contribution in [1.29, 1.82) is 5.26 Å². The lowest BCUT2D eigenvalue weighted by Crippen LogP contribution is -2.31. The van der Waals surface area contributed by atoms with Gasteiger partial charge < -0.3 is 5.73 Å². The van der Waals surface area contributed by atoms with Gasteiger partial charge in [-0.1, -0.05) is 0 Å². The average Bonchev–Trinajstić information content (AvgIpc) is 2.28. The van der Waals surface area contributed by atoms with E-state index in [1.165, 1.54) is 12.1 Å². The van der Waals surface area contributed by atoms with Crippen molar-refractivity contribution in [3.8, 4) is 6.07 Å². The fraction of sp³-hybridized carbons (Fsp3) is 0.462. The maximum atomic E-state index is 13.1. The van der Waals surface area contributed by atoms with Gasteiger partial charge in [-0.25, -0.2) is 4.39 Å². The Morgan fingerprint density at radius 1 is 1.47 bits per heavy atom. The van der Waals surface area contributed by atoms with Crippen molar-refractivity contribution in [2.75, 3.05) is 12.3 Å². The van der Waals surface area contributed by atoms with Crippen molar-refractivity contribution in [2.45, 2.75) is 32.9 Å². The quantitative estimate of drug-likeness (QED) is 0.798. The molecule has 0 saturated heterocycles. The number of hydrogen-bond acceptors (Lipinski definition) is 3. The zero-order valence-corrected chi connectivity index (χ0v) is 10.3. The van der Waals surface area contributed by atoms with Gasteiger partial charge in [0, 0.05) is 31.2 Å². The lowest BCUT2D eigenvalue weighted by molar-refractivity contribution is 0.218. The third-order valence-electron chi connectivity index (χ3n) is 2.72. The third-order valence-corrected chi connectivity index (χ3v) is 2.72. The number of benzene rings is 1. The summed E-state index contributed by atoms with van der Waals surface area (Å²) in [6, 6.07) is 6.80. The van der Waals surface area contributed by atoms with E-state index in [2.05, 4.69) is 11.0 Å². The van der Waals surface area contributed by atoms with Crippen LogP contribution in [0.2, 0.25) is 0 Å². The van der Waals surface area contributed by atoms with Crippen LogP contribution in [0.1, 0.15) is 25.8 Å². The molecule has 0 radical (unpaired) electrons. The molecule has 0 aliphatic carbocycles. The standard InChI is InChI=1S/C13H18FN3/c1-10(2)17(7-3-6-15)9-11-8-12(14)4-5-13(11)16/h4-5,8,10H,3,7,9,16H2,1-2H3. The molecule has 0 bridgehead atoms. The summed E-state index contributed by atoms with van der Waals surface area (Å²) < 4.78 is 13.1. The van der Waals surface area contributed by atoms with Gasteiger partial charge in [0.15, 0.2) is 0 Å². The normalized spacial score (nSPS) is 10.8. The summed E-state index contributed by atoms with van der Waals surface area (Å²) in [6.07, 6.45) is 0.466. The molecule has 1 rings (SSSR count). The highest BCUT2D eigenvalue weighted by molar-refractivity contribution is 5.46. The highest BCUT2D eigenvalue weighted by atomic mass is 19.1. The number of anilines is 1. The van der Waals surface area contributed by atoms with Gasteiger partial charge in [0.1, 0.15) is 5.82 Å². The molecule has 0 aliphatic heterocycles. The van der Waals surface area contributed by atoms with Gasteiger partial charge in [0.05, 0.1) is 6.07 Å². The molecule has 17 heavy (non-hydrogen) atoms. The first kappa shape index (κ1) is 13.5. The van der Waals surface area contributed by atoms with Gasteiger partial charge in [-0.3, -0.25) is 4.90 Å². The van der Waals surface area contributed by atoms with Crippen LogP contribution in [0.4, 0.5) is 10.1 Å². The second-order valence-electron chi connectivity index (χ2n) is 4.32. The Morgan fingerprint density at radius 2 is 2.18 bits per heavy atom. The van der Waals surface area contributed by atoms with Gasteiger partial charge in [0.25, 0.3) is 0 Å². The summed E-state index contributed by atoms with van der Waals surface area (Å²) >= 11 is 0. The molecule has 3 nitrogen and oxygen atoms in total. The van der Waals surface area contributed by atoms with Crippen LogP contribution in [0.15, 0.2) is 18.2 Å². The van der Waals surface area contributed by atoms with Crippen LogP contribution in [0.3, 0.4) is 0 Å². The predicted molar refractivity (Wildman–Crippen MR) is 66.6 cm³/mol. The first-order chi connectivity index (χ1) is 8.04. The molecule has 0 aromatic heterocycles. The van der Waals surface area contributed by atoms with E-state index in [1.807, 2.05) is 13.8 Å². The maximum absolute atomic E-state index is 13.1. The summed E-state index contributed by atoms with van der Waals surface area (Å²) in [5.74, 6) is -0.279. The Balaban J connectivity index is 2.78. The fourth-order valence-corrected chi connectivity index (χ4v) is 1.64. The second-order valence-corrected chi connectivity index (χ2v) is 4.32. The summed E-state index contributed by atoms with van der Waals surface area (Å²) in [5, 5.41) is 8.60. The van der Waals surface area contributed by atoms with Crippen LogP contribution < -0.4 is 5.73 Å². The second kappa shape index (κ2) is 6.21. The summed E-state index contributed by atoms with van der Waals surface area (Å²) in [7, 11) is 0. The molecule has 0 amide bonds. The summed E-state index contributed by atoms with van der Waals surface area (Å²) in [5.41, 5.74) is 7.17.